The van der Waals surface area contributed by atoms with Gasteiger partial charge in [0.15, 0.2) is 5.17 Å². The molecule has 0 atom stereocenters. The van der Waals surface area contributed by atoms with Crippen LogP contribution in [0.1, 0.15) is 11.1 Å². The highest BCUT2D eigenvalue weighted by Gasteiger charge is 2.38. The number of amides is 1. The van der Waals surface area contributed by atoms with Crippen LogP contribution in [0.5, 0.6) is 0 Å². The minimum atomic E-state index is 0.0273. The van der Waals surface area contributed by atoms with Crippen LogP contribution in [0.25, 0.3) is 0 Å². The number of para-hydroxylation sites is 1. The molecule has 0 aliphatic carbocycles. The van der Waals surface area contributed by atoms with Crippen molar-refractivity contribution >= 4 is 46.0 Å². The zero-order valence-electron chi connectivity index (χ0n) is 18.0. The smallest absolute Gasteiger partial charge is 0.269 e. The van der Waals surface area contributed by atoms with Crippen molar-refractivity contribution in [2.24, 2.45) is 4.99 Å². The number of anilines is 1. The van der Waals surface area contributed by atoms with Gasteiger partial charge < -0.3 is 4.90 Å². The molecule has 32 heavy (non-hydrogen) atoms. The number of thioether (sulfide) groups is 2. The largest absolute Gasteiger partial charge is 0.337 e. The third-order valence-electron chi connectivity index (χ3n) is 5.49. The summed E-state index contributed by atoms with van der Waals surface area (Å²) in [5.41, 5.74) is 4.36. The number of rotatable bonds is 4. The van der Waals surface area contributed by atoms with E-state index in [1.54, 1.807) is 11.8 Å². The van der Waals surface area contributed by atoms with Crippen LogP contribution in [0.15, 0.2) is 98.7 Å². The first-order valence-corrected chi connectivity index (χ1v) is 12.2. The fourth-order valence-electron chi connectivity index (χ4n) is 3.81. The molecule has 0 radical (unpaired) electrons. The van der Waals surface area contributed by atoms with Gasteiger partial charge in [-0.05, 0) is 60.5 Å². The van der Waals surface area contributed by atoms with Crippen LogP contribution in [0.3, 0.4) is 0 Å². The number of fused-ring (bicyclic) bond motifs is 1. The van der Waals surface area contributed by atoms with E-state index < -0.39 is 0 Å². The van der Waals surface area contributed by atoms with E-state index in [0.717, 1.165) is 38.5 Å². The average Bonchev–Trinajstić information content (AvgIpc) is 3.29. The molecule has 0 saturated carbocycles. The highest BCUT2D eigenvalue weighted by molar-refractivity contribution is 8.19. The maximum absolute atomic E-state index is 13.6. The van der Waals surface area contributed by atoms with Crippen molar-refractivity contribution in [3.8, 4) is 0 Å². The van der Waals surface area contributed by atoms with E-state index in [4.69, 9.17) is 4.99 Å². The Kier molecular flexibility index (Phi) is 5.81. The van der Waals surface area contributed by atoms with Crippen molar-refractivity contribution in [3.63, 3.8) is 0 Å². The Labute approximate surface area is 197 Å². The van der Waals surface area contributed by atoms with Crippen LogP contribution in [0.2, 0.25) is 0 Å². The highest BCUT2D eigenvalue weighted by atomic mass is 32.2. The summed E-state index contributed by atoms with van der Waals surface area (Å²) >= 11 is 3.13. The van der Waals surface area contributed by atoms with E-state index in [9.17, 15) is 4.79 Å². The van der Waals surface area contributed by atoms with Crippen LogP contribution in [0, 0.1) is 6.92 Å². The van der Waals surface area contributed by atoms with Crippen LogP contribution >= 0.6 is 23.5 Å². The first kappa shape index (κ1) is 20.9. The number of aryl methyl sites for hydroxylation is 1. The van der Waals surface area contributed by atoms with Gasteiger partial charge in [-0.2, -0.15) is 0 Å². The van der Waals surface area contributed by atoms with Crippen molar-refractivity contribution in [3.05, 3.63) is 99.9 Å². The molecular weight excluding hydrogens is 434 g/mol. The molecule has 3 aromatic rings. The van der Waals surface area contributed by atoms with Crippen LogP contribution in [-0.2, 0) is 11.2 Å². The Bertz CT molecular complexity index is 1240. The number of hydrogen-bond donors (Lipinski definition) is 0. The van der Waals surface area contributed by atoms with Gasteiger partial charge >= 0.3 is 0 Å². The second kappa shape index (κ2) is 8.88. The SMILES string of the molecule is Cc1cccc(N=C2S/C(=C3\Sc4ccccc4N3C)C(=O)N2CCc2ccccc2)c1. The Hall–Kier alpha value is -2.96. The second-order valence-electron chi connectivity index (χ2n) is 7.79. The molecule has 2 aliphatic heterocycles. The second-order valence-corrected chi connectivity index (χ2v) is 9.80. The van der Waals surface area contributed by atoms with Gasteiger partial charge in [-0.3, -0.25) is 9.69 Å². The van der Waals surface area contributed by atoms with Crippen LogP contribution in [0.4, 0.5) is 11.4 Å². The molecule has 2 aliphatic rings. The maximum Gasteiger partial charge on any atom is 0.269 e. The Morgan fingerprint density at radius 2 is 1.69 bits per heavy atom. The predicted octanol–water partition coefficient (Wildman–Crippen LogP) is 6.21. The lowest BCUT2D eigenvalue weighted by Crippen LogP contribution is -2.31. The third-order valence-corrected chi connectivity index (χ3v) is 7.92. The fraction of sp³-hybridized carbons (Fsp3) is 0.154. The minimum Gasteiger partial charge on any atom is -0.337 e. The standard InChI is InChI=1S/C26H23N3OS2/c1-18-9-8-12-20(17-18)27-26-29(16-15-19-10-4-3-5-11-19)24(30)23(32-26)25-28(2)21-13-6-7-14-22(21)31-25/h3-14,17H,15-16H2,1-2H3/b25-23-,27-26?. The minimum absolute atomic E-state index is 0.0273. The van der Waals surface area contributed by atoms with Gasteiger partial charge in [0, 0.05) is 18.5 Å². The highest BCUT2D eigenvalue weighted by Crippen LogP contribution is 2.50. The maximum atomic E-state index is 13.6. The lowest BCUT2D eigenvalue weighted by Gasteiger charge is -2.16. The molecule has 2 heterocycles. The molecule has 5 rings (SSSR count). The molecule has 1 fully saturated rings. The third kappa shape index (κ3) is 4.08. The first-order valence-electron chi connectivity index (χ1n) is 10.5. The number of hydrogen-bond acceptors (Lipinski definition) is 5. The number of amidine groups is 1. The van der Waals surface area contributed by atoms with Gasteiger partial charge in [0.25, 0.3) is 5.91 Å². The number of aliphatic imine (C=N–C) groups is 1. The summed E-state index contributed by atoms with van der Waals surface area (Å²) in [4.78, 5) is 24.4. The van der Waals surface area contributed by atoms with Gasteiger partial charge in [0.05, 0.1) is 16.4 Å². The predicted molar refractivity (Wildman–Crippen MR) is 135 cm³/mol. The molecule has 1 amide bonds. The van der Waals surface area contributed by atoms with E-state index in [2.05, 4.69) is 42.2 Å². The van der Waals surface area contributed by atoms with Crippen molar-refractivity contribution in [1.82, 2.24) is 4.90 Å². The average molecular weight is 458 g/mol. The molecular formula is C26H23N3OS2. The molecule has 0 bridgehead atoms. The quantitative estimate of drug-likeness (QED) is 0.436. The van der Waals surface area contributed by atoms with Crippen molar-refractivity contribution in [2.75, 3.05) is 18.5 Å². The zero-order chi connectivity index (χ0) is 22.1. The summed E-state index contributed by atoms with van der Waals surface area (Å²) < 4.78 is 0. The van der Waals surface area contributed by atoms with Gasteiger partial charge in [0.1, 0.15) is 4.91 Å². The number of carbonyl (C=O) groups excluding carboxylic acids is 1. The summed E-state index contributed by atoms with van der Waals surface area (Å²) in [6.07, 6.45) is 0.784. The van der Waals surface area contributed by atoms with Crippen LogP contribution < -0.4 is 4.90 Å². The summed E-state index contributed by atoms with van der Waals surface area (Å²) in [5.74, 6) is 0.0273. The summed E-state index contributed by atoms with van der Waals surface area (Å²) in [6.45, 7) is 2.65. The molecule has 160 valence electrons. The Morgan fingerprint density at radius 3 is 2.47 bits per heavy atom. The number of carbonyl (C=O) groups is 1. The molecule has 0 aromatic heterocycles. The van der Waals surface area contributed by atoms with E-state index in [1.165, 1.54) is 22.2 Å². The lowest BCUT2D eigenvalue weighted by atomic mass is 10.1. The van der Waals surface area contributed by atoms with Crippen molar-refractivity contribution < 1.29 is 4.79 Å². The molecule has 4 nitrogen and oxygen atoms in total. The molecule has 3 aromatic carbocycles. The summed E-state index contributed by atoms with van der Waals surface area (Å²) in [7, 11) is 2.03. The molecule has 6 heteroatoms. The Morgan fingerprint density at radius 1 is 0.906 bits per heavy atom. The number of nitrogens with zero attached hydrogens (tertiary/aromatic N) is 3. The monoisotopic (exact) mass is 457 g/mol. The van der Waals surface area contributed by atoms with E-state index in [1.807, 2.05) is 60.5 Å². The van der Waals surface area contributed by atoms with E-state index in [-0.39, 0.29) is 5.91 Å². The van der Waals surface area contributed by atoms with Gasteiger partial charge in [-0.25, -0.2) is 4.99 Å². The van der Waals surface area contributed by atoms with Gasteiger partial charge in [-0.1, -0.05) is 66.4 Å². The molecule has 0 N–H and O–H groups in total. The fourth-order valence-corrected chi connectivity index (χ4v) is 6.18. The topological polar surface area (TPSA) is 35.9 Å². The van der Waals surface area contributed by atoms with Crippen molar-refractivity contribution in [1.29, 1.82) is 0 Å². The normalized spacial score (nSPS) is 19.2. The molecule has 0 spiro atoms. The van der Waals surface area contributed by atoms with E-state index in [0.29, 0.717) is 6.54 Å². The summed E-state index contributed by atoms with van der Waals surface area (Å²) in [5, 5.41) is 1.71. The Balaban J connectivity index is 1.50. The zero-order valence-corrected chi connectivity index (χ0v) is 19.6. The lowest BCUT2D eigenvalue weighted by molar-refractivity contribution is -0.122. The summed E-state index contributed by atoms with van der Waals surface area (Å²) in [6, 6.07) is 26.6. The molecule has 1 saturated heterocycles. The van der Waals surface area contributed by atoms with E-state index >= 15 is 0 Å². The first-order chi connectivity index (χ1) is 15.6. The van der Waals surface area contributed by atoms with Gasteiger partial charge in [-0.15, -0.1) is 0 Å². The van der Waals surface area contributed by atoms with Gasteiger partial charge in [0.2, 0.25) is 0 Å². The van der Waals surface area contributed by atoms with Crippen LogP contribution in [-0.4, -0.2) is 29.6 Å². The number of benzene rings is 3. The molecule has 0 unspecified atom stereocenters. The van der Waals surface area contributed by atoms with Crippen molar-refractivity contribution in [2.45, 2.75) is 18.2 Å².